The van der Waals surface area contributed by atoms with Crippen molar-refractivity contribution >= 4 is 5.96 Å². The van der Waals surface area contributed by atoms with Crippen molar-refractivity contribution in [3.63, 3.8) is 0 Å². The van der Waals surface area contributed by atoms with Crippen LogP contribution in [0.4, 0.5) is 0 Å². The van der Waals surface area contributed by atoms with Crippen molar-refractivity contribution < 1.29 is 0 Å². The van der Waals surface area contributed by atoms with E-state index in [4.69, 9.17) is 4.99 Å². The van der Waals surface area contributed by atoms with Gasteiger partial charge in [0.15, 0.2) is 5.96 Å². The second kappa shape index (κ2) is 9.75. The maximum Gasteiger partial charge on any atom is 0.193 e. The van der Waals surface area contributed by atoms with Crippen LogP contribution in [-0.2, 0) is 13.1 Å². The Hall–Kier alpha value is -2.30. The first-order valence-corrected chi connectivity index (χ1v) is 8.78. The van der Waals surface area contributed by atoms with E-state index in [1.807, 2.05) is 23.1 Å². The molecule has 1 N–H and O–H groups in total. The molecule has 1 heterocycles. The summed E-state index contributed by atoms with van der Waals surface area (Å²) in [5.74, 6) is 0.972. The van der Waals surface area contributed by atoms with Crippen LogP contribution < -0.4 is 5.32 Å². The van der Waals surface area contributed by atoms with Gasteiger partial charge in [0.05, 0.1) is 13.1 Å². The molecule has 0 saturated heterocycles. The van der Waals surface area contributed by atoms with Crippen LogP contribution in [0.2, 0.25) is 0 Å². The predicted octanol–water partition coefficient (Wildman–Crippen LogP) is 3.13. The molecule has 0 radical (unpaired) electrons. The number of rotatable bonds is 8. The van der Waals surface area contributed by atoms with E-state index in [-0.39, 0.29) is 0 Å². The minimum Gasteiger partial charge on any atom is -0.357 e. The summed E-state index contributed by atoms with van der Waals surface area (Å²) < 4.78 is 1.95. The molecule has 130 valence electrons. The quantitative estimate of drug-likeness (QED) is 0.598. The van der Waals surface area contributed by atoms with Gasteiger partial charge < -0.3 is 10.2 Å². The van der Waals surface area contributed by atoms with Crippen LogP contribution in [0.15, 0.2) is 47.7 Å². The minimum absolute atomic E-state index is 0.677. The molecule has 1 aromatic carbocycles. The molecule has 0 aliphatic heterocycles. The molecule has 0 aliphatic rings. The van der Waals surface area contributed by atoms with Crippen molar-refractivity contribution in [2.75, 3.05) is 20.1 Å². The van der Waals surface area contributed by atoms with Gasteiger partial charge in [-0.3, -0.25) is 4.68 Å². The van der Waals surface area contributed by atoms with Crippen molar-refractivity contribution in [1.82, 2.24) is 20.0 Å². The number of guanidine groups is 1. The Balaban J connectivity index is 2.10. The van der Waals surface area contributed by atoms with E-state index < -0.39 is 0 Å². The Morgan fingerprint density at radius 1 is 1.21 bits per heavy atom. The average molecular weight is 327 g/mol. The van der Waals surface area contributed by atoms with Crippen LogP contribution in [0.1, 0.15) is 37.8 Å². The number of hydrogen-bond donors (Lipinski definition) is 1. The van der Waals surface area contributed by atoms with Crippen molar-refractivity contribution in [2.24, 2.45) is 4.99 Å². The third-order valence-electron chi connectivity index (χ3n) is 3.95. The molecule has 24 heavy (non-hydrogen) atoms. The molecule has 0 spiro atoms. The number of hydrogen-bond acceptors (Lipinski definition) is 2. The third kappa shape index (κ3) is 5.41. The van der Waals surface area contributed by atoms with Crippen molar-refractivity contribution in [2.45, 2.75) is 39.8 Å². The second-order valence-electron chi connectivity index (χ2n) is 5.92. The van der Waals surface area contributed by atoms with Crippen LogP contribution in [0.25, 0.3) is 0 Å². The molecule has 0 bridgehead atoms. The van der Waals surface area contributed by atoms with Gasteiger partial charge in [-0.05, 0) is 30.5 Å². The largest absolute Gasteiger partial charge is 0.357 e. The summed E-state index contributed by atoms with van der Waals surface area (Å²) in [6, 6.07) is 10.4. The van der Waals surface area contributed by atoms with Gasteiger partial charge in [0.2, 0.25) is 0 Å². The van der Waals surface area contributed by atoms with Crippen LogP contribution in [0, 0.1) is 0 Å². The smallest absolute Gasteiger partial charge is 0.193 e. The maximum absolute atomic E-state index is 4.83. The summed E-state index contributed by atoms with van der Waals surface area (Å²) in [6.07, 6.45) is 6.17. The summed E-state index contributed by atoms with van der Waals surface area (Å²) in [4.78, 5) is 7.04. The fraction of sp³-hybridized carbons (Fsp3) is 0.474. The number of nitrogens with zero attached hydrogens (tertiary/aromatic N) is 4. The van der Waals surface area contributed by atoms with Crippen molar-refractivity contribution in [1.29, 1.82) is 0 Å². The predicted molar refractivity (Wildman–Crippen MR) is 100 cm³/mol. The second-order valence-corrected chi connectivity index (χ2v) is 5.92. The van der Waals surface area contributed by atoms with Gasteiger partial charge in [0.1, 0.15) is 0 Å². The Morgan fingerprint density at radius 3 is 2.67 bits per heavy atom. The van der Waals surface area contributed by atoms with E-state index in [0.717, 1.165) is 25.6 Å². The fourth-order valence-electron chi connectivity index (χ4n) is 2.57. The van der Waals surface area contributed by atoms with Gasteiger partial charge in [-0.2, -0.15) is 5.10 Å². The summed E-state index contributed by atoms with van der Waals surface area (Å²) in [5, 5.41) is 7.68. The lowest BCUT2D eigenvalue weighted by molar-refractivity contribution is 0.464. The summed E-state index contributed by atoms with van der Waals surface area (Å²) >= 11 is 0. The van der Waals surface area contributed by atoms with Gasteiger partial charge in [0, 0.05) is 32.5 Å². The molecular weight excluding hydrogens is 298 g/mol. The van der Waals surface area contributed by atoms with Gasteiger partial charge in [-0.25, -0.2) is 4.99 Å². The molecule has 0 saturated carbocycles. The highest BCUT2D eigenvalue weighted by atomic mass is 15.3. The topological polar surface area (TPSA) is 45.5 Å². The molecule has 1 aromatic heterocycles. The lowest BCUT2D eigenvalue weighted by Gasteiger charge is -2.22. The van der Waals surface area contributed by atoms with Gasteiger partial charge in [-0.15, -0.1) is 0 Å². The highest BCUT2D eigenvalue weighted by molar-refractivity contribution is 5.79. The van der Waals surface area contributed by atoms with E-state index in [1.165, 1.54) is 24.0 Å². The third-order valence-corrected chi connectivity index (χ3v) is 3.95. The zero-order valence-electron chi connectivity index (χ0n) is 15.1. The van der Waals surface area contributed by atoms with E-state index in [0.29, 0.717) is 6.54 Å². The number of aliphatic imine (C=N–C) groups is 1. The molecule has 5 heteroatoms. The van der Waals surface area contributed by atoms with E-state index in [2.05, 4.69) is 60.5 Å². The molecule has 0 fully saturated rings. The van der Waals surface area contributed by atoms with Gasteiger partial charge >= 0.3 is 0 Å². The summed E-state index contributed by atoms with van der Waals surface area (Å²) in [7, 11) is 2.10. The molecule has 0 aliphatic carbocycles. The van der Waals surface area contributed by atoms with E-state index in [9.17, 15) is 0 Å². The molecule has 5 nitrogen and oxygen atoms in total. The monoisotopic (exact) mass is 327 g/mol. The fourth-order valence-corrected chi connectivity index (χ4v) is 2.57. The molecule has 0 amide bonds. The lowest BCUT2D eigenvalue weighted by Crippen LogP contribution is -2.39. The van der Waals surface area contributed by atoms with E-state index >= 15 is 0 Å². The normalized spacial score (nSPS) is 11.5. The maximum atomic E-state index is 4.83. The Kier molecular flexibility index (Phi) is 7.33. The lowest BCUT2D eigenvalue weighted by atomic mass is 10.1. The number of benzene rings is 1. The Bertz CT molecular complexity index is 618. The highest BCUT2D eigenvalue weighted by Gasteiger charge is 2.07. The van der Waals surface area contributed by atoms with Gasteiger partial charge in [0.25, 0.3) is 0 Å². The van der Waals surface area contributed by atoms with Crippen LogP contribution >= 0.6 is 0 Å². The van der Waals surface area contributed by atoms with E-state index in [1.54, 1.807) is 0 Å². The molecule has 2 rings (SSSR count). The first-order valence-electron chi connectivity index (χ1n) is 8.78. The Morgan fingerprint density at radius 2 is 2.00 bits per heavy atom. The SMILES string of the molecule is CCCCN(C)C(=NCc1ccccc1Cn1cccn1)NCC. The van der Waals surface area contributed by atoms with Crippen LogP contribution in [0.5, 0.6) is 0 Å². The first-order chi connectivity index (χ1) is 11.7. The molecule has 0 unspecified atom stereocenters. The zero-order chi connectivity index (χ0) is 17.2. The highest BCUT2D eigenvalue weighted by Crippen LogP contribution is 2.12. The van der Waals surface area contributed by atoms with Gasteiger partial charge in [-0.1, -0.05) is 37.6 Å². The zero-order valence-corrected chi connectivity index (χ0v) is 15.1. The van der Waals surface area contributed by atoms with Crippen LogP contribution in [-0.4, -0.2) is 40.8 Å². The van der Waals surface area contributed by atoms with Crippen molar-refractivity contribution in [3.8, 4) is 0 Å². The summed E-state index contributed by atoms with van der Waals surface area (Å²) in [6.45, 7) is 7.68. The molecule has 2 aromatic rings. The number of nitrogens with one attached hydrogen (secondary N) is 1. The number of unbranched alkanes of at least 4 members (excludes halogenated alkanes) is 1. The first kappa shape index (κ1) is 18.0. The Labute approximate surface area is 145 Å². The standard InChI is InChI=1S/C19H29N5/c1-4-6-13-23(3)19(20-5-2)21-15-17-10-7-8-11-18(17)16-24-14-9-12-22-24/h7-12,14H,4-6,13,15-16H2,1-3H3,(H,20,21). The number of aromatic nitrogens is 2. The van der Waals surface area contributed by atoms with Crippen LogP contribution in [0.3, 0.4) is 0 Å². The minimum atomic E-state index is 0.677. The molecule has 0 atom stereocenters. The van der Waals surface area contributed by atoms with Crippen molar-refractivity contribution in [3.05, 3.63) is 53.9 Å². The molecular formula is C19H29N5. The average Bonchev–Trinajstić information content (AvgIpc) is 3.10. The summed E-state index contributed by atoms with van der Waals surface area (Å²) in [5.41, 5.74) is 2.50.